The van der Waals surface area contributed by atoms with E-state index in [2.05, 4.69) is 114 Å². The molecule has 1 aromatic heterocycles. The van der Waals surface area contributed by atoms with E-state index < -0.39 is 0 Å². The van der Waals surface area contributed by atoms with Crippen LogP contribution in [0, 0.1) is 0 Å². The van der Waals surface area contributed by atoms with E-state index in [4.69, 9.17) is 5.73 Å². The van der Waals surface area contributed by atoms with E-state index in [1.807, 2.05) is 12.1 Å². The van der Waals surface area contributed by atoms with Crippen molar-refractivity contribution in [1.82, 2.24) is 4.57 Å². The van der Waals surface area contributed by atoms with Crippen molar-refractivity contribution in [2.24, 2.45) is 0 Å². The van der Waals surface area contributed by atoms with E-state index in [1.165, 1.54) is 44.1 Å². The molecule has 0 amide bonds. The molecule has 0 bridgehead atoms. The number of hydrogen-bond donors (Lipinski definition) is 1. The fourth-order valence-electron chi connectivity index (χ4n) is 4.55. The van der Waals surface area contributed by atoms with E-state index in [9.17, 15) is 0 Å². The average Bonchev–Trinajstić information content (AvgIpc) is 3.19. The zero-order valence-corrected chi connectivity index (χ0v) is 17.6. The minimum Gasteiger partial charge on any atom is -0.399 e. The van der Waals surface area contributed by atoms with Crippen LogP contribution in [0.1, 0.15) is 0 Å². The number of benzene rings is 5. The molecule has 5 aromatic carbocycles. The minimum atomic E-state index is 0.771. The molecule has 0 aliphatic heterocycles. The second-order valence-corrected chi connectivity index (χ2v) is 8.12. The Labute approximate surface area is 187 Å². The zero-order chi connectivity index (χ0) is 21.5. The Morgan fingerprint density at radius 2 is 0.906 bits per heavy atom. The fourth-order valence-corrected chi connectivity index (χ4v) is 4.55. The summed E-state index contributed by atoms with van der Waals surface area (Å²) in [5, 5.41) is 2.49. The van der Waals surface area contributed by atoms with Gasteiger partial charge < -0.3 is 10.3 Å². The van der Waals surface area contributed by atoms with E-state index in [0.29, 0.717) is 0 Å². The maximum Gasteiger partial charge on any atom is 0.0541 e. The van der Waals surface area contributed by atoms with Crippen LogP contribution in [0.15, 0.2) is 121 Å². The summed E-state index contributed by atoms with van der Waals surface area (Å²) >= 11 is 0. The Balaban J connectivity index is 1.66. The summed E-state index contributed by atoms with van der Waals surface area (Å²) in [6.45, 7) is 0. The Kier molecular flexibility index (Phi) is 4.29. The largest absolute Gasteiger partial charge is 0.399 e. The van der Waals surface area contributed by atoms with Crippen LogP contribution in [-0.2, 0) is 0 Å². The highest BCUT2D eigenvalue weighted by Crippen LogP contribution is 2.37. The molecular weight excluding hydrogens is 388 g/mol. The smallest absolute Gasteiger partial charge is 0.0541 e. The molecule has 32 heavy (non-hydrogen) atoms. The predicted octanol–water partition coefficient (Wildman–Crippen LogP) is 7.70. The lowest BCUT2D eigenvalue weighted by Gasteiger charge is -2.09. The Hall–Kier alpha value is -4.30. The normalized spacial score (nSPS) is 11.2. The topological polar surface area (TPSA) is 30.9 Å². The Bertz CT molecular complexity index is 1450. The first kappa shape index (κ1) is 18.5. The third-order valence-electron chi connectivity index (χ3n) is 6.13. The first-order valence-corrected chi connectivity index (χ1v) is 10.8. The van der Waals surface area contributed by atoms with Crippen molar-refractivity contribution in [3.8, 4) is 27.9 Å². The second kappa shape index (κ2) is 7.44. The summed E-state index contributed by atoms with van der Waals surface area (Å²) < 4.78 is 2.33. The molecule has 6 aromatic rings. The minimum absolute atomic E-state index is 0.771. The summed E-state index contributed by atoms with van der Waals surface area (Å²) in [5.41, 5.74) is 15.1. The van der Waals surface area contributed by atoms with Gasteiger partial charge in [0.25, 0.3) is 0 Å². The van der Waals surface area contributed by atoms with Crippen molar-refractivity contribution in [3.63, 3.8) is 0 Å². The SMILES string of the molecule is Nc1ccc(-n2c3ccc(-c4ccccc4)cc3c3cc(-c4ccccc4)ccc32)cc1. The van der Waals surface area contributed by atoms with Crippen LogP contribution < -0.4 is 5.73 Å². The predicted molar refractivity (Wildman–Crippen MR) is 136 cm³/mol. The van der Waals surface area contributed by atoms with Gasteiger partial charge in [0.1, 0.15) is 0 Å². The third-order valence-corrected chi connectivity index (χ3v) is 6.13. The molecule has 0 radical (unpaired) electrons. The van der Waals surface area contributed by atoms with Crippen LogP contribution in [0.2, 0.25) is 0 Å². The molecule has 0 saturated carbocycles. The number of nitrogens with two attached hydrogens (primary N) is 1. The molecule has 0 saturated heterocycles. The maximum atomic E-state index is 5.96. The van der Waals surface area contributed by atoms with Crippen molar-refractivity contribution < 1.29 is 0 Å². The van der Waals surface area contributed by atoms with Crippen LogP contribution >= 0.6 is 0 Å². The van der Waals surface area contributed by atoms with Gasteiger partial charge in [-0.15, -0.1) is 0 Å². The highest BCUT2D eigenvalue weighted by atomic mass is 15.0. The molecule has 0 unspecified atom stereocenters. The number of hydrogen-bond acceptors (Lipinski definition) is 1. The first-order valence-electron chi connectivity index (χ1n) is 10.8. The highest BCUT2D eigenvalue weighted by molar-refractivity contribution is 6.11. The molecule has 0 atom stereocenters. The highest BCUT2D eigenvalue weighted by Gasteiger charge is 2.14. The van der Waals surface area contributed by atoms with Crippen molar-refractivity contribution in [1.29, 1.82) is 0 Å². The van der Waals surface area contributed by atoms with Gasteiger partial charge in [0, 0.05) is 22.1 Å². The first-order chi connectivity index (χ1) is 15.8. The lowest BCUT2D eigenvalue weighted by atomic mass is 10.0. The standard InChI is InChI=1S/C30H22N2/c31-25-13-15-26(16-14-25)32-29-17-11-23(21-7-3-1-4-8-21)19-27(29)28-20-24(12-18-30(28)32)22-9-5-2-6-10-22/h1-20H,31H2. The van der Waals surface area contributed by atoms with Crippen molar-refractivity contribution in [3.05, 3.63) is 121 Å². The van der Waals surface area contributed by atoms with E-state index in [-0.39, 0.29) is 0 Å². The summed E-state index contributed by atoms with van der Waals surface area (Å²) in [5.74, 6) is 0. The van der Waals surface area contributed by atoms with Gasteiger partial charge in [-0.3, -0.25) is 0 Å². The molecule has 1 heterocycles. The zero-order valence-electron chi connectivity index (χ0n) is 17.6. The summed E-state index contributed by atoms with van der Waals surface area (Å²) in [4.78, 5) is 0. The van der Waals surface area contributed by atoms with Crippen LogP contribution in [0.5, 0.6) is 0 Å². The molecule has 0 fully saturated rings. The van der Waals surface area contributed by atoms with Gasteiger partial charge >= 0.3 is 0 Å². The van der Waals surface area contributed by atoms with Crippen LogP contribution in [0.25, 0.3) is 49.7 Å². The number of nitrogen functional groups attached to an aromatic ring is 1. The molecule has 6 rings (SSSR count). The summed E-state index contributed by atoms with van der Waals surface area (Å²) in [7, 11) is 0. The third kappa shape index (κ3) is 3.05. The van der Waals surface area contributed by atoms with Crippen molar-refractivity contribution in [2.45, 2.75) is 0 Å². The Morgan fingerprint density at radius 1 is 0.438 bits per heavy atom. The van der Waals surface area contributed by atoms with Crippen LogP contribution in [0.4, 0.5) is 5.69 Å². The van der Waals surface area contributed by atoms with Crippen molar-refractivity contribution >= 4 is 27.5 Å². The Morgan fingerprint density at radius 3 is 1.38 bits per heavy atom. The van der Waals surface area contributed by atoms with E-state index in [1.54, 1.807) is 0 Å². The molecular formula is C30H22N2. The molecule has 2 nitrogen and oxygen atoms in total. The van der Waals surface area contributed by atoms with E-state index >= 15 is 0 Å². The molecule has 152 valence electrons. The van der Waals surface area contributed by atoms with Gasteiger partial charge in [0.05, 0.1) is 11.0 Å². The number of nitrogens with zero attached hydrogens (tertiary/aromatic N) is 1. The summed E-state index contributed by atoms with van der Waals surface area (Å²) in [6.07, 6.45) is 0. The molecule has 0 aliphatic carbocycles. The lowest BCUT2D eigenvalue weighted by Crippen LogP contribution is -1.94. The van der Waals surface area contributed by atoms with Crippen LogP contribution in [-0.4, -0.2) is 4.57 Å². The summed E-state index contributed by atoms with van der Waals surface area (Å²) in [6, 6.07) is 42.7. The molecule has 2 heteroatoms. The van der Waals surface area contributed by atoms with E-state index in [0.717, 1.165) is 11.4 Å². The molecule has 2 N–H and O–H groups in total. The number of rotatable bonds is 3. The number of aromatic nitrogens is 1. The van der Waals surface area contributed by atoms with Crippen LogP contribution in [0.3, 0.4) is 0 Å². The van der Waals surface area contributed by atoms with Crippen molar-refractivity contribution in [2.75, 3.05) is 5.73 Å². The van der Waals surface area contributed by atoms with Gasteiger partial charge in [0.15, 0.2) is 0 Å². The average molecular weight is 411 g/mol. The molecule has 0 aliphatic rings. The number of fused-ring (bicyclic) bond motifs is 3. The van der Waals surface area contributed by atoms with Gasteiger partial charge in [-0.25, -0.2) is 0 Å². The fraction of sp³-hybridized carbons (Fsp3) is 0. The second-order valence-electron chi connectivity index (χ2n) is 8.12. The van der Waals surface area contributed by atoms with Gasteiger partial charge in [-0.05, 0) is 70.8 Å². The monoisotopic (exact) mass is 410 g/mol. The van der Waals surface area contributed by atoms with Gasteiger partial charge in [-0.2, -0.15) is 0 Å². The maximum absolute atomic E-state index is 5.96. The molecule has 0 spiro atoms. The number of anilines is 1. The quantitative estimate of drug-likeness (QED) is 0.298. The van der Waals surface area contributed by atoms with Gasteiger partial charge in [0.2, 0.25) is 0 Å². The van der Waals surface area contributed by atoms with Gasteiger partial charge in [-0.1, -0.05) is 72.8 Å². The lowest BCUT2D eigenvalue weighted by molar-refractivity contribution is 1.18.